The molecule has 1 aliphatic rings. The van der Waals surface area contributed by atoms with Gasteiger partial charge < -0.3 is 9.64 Å². The van der Waals surface area contributed by atoms with Gasteiger partial charge in [-0.25, -0.2) is 9.78 Å². The fourth-order valence-corrected chi connectivity index (χ4v) is 5.57. The van der Waals surface area contributed by atoms with Gasteiger partial charge in [0, 0.05) is 22.0 Å². The lowest BCUT2D eigenvalue weighted by atomic mass is 9.99. The summed E-state index contributed by atoms with van der Waals surface area (Å²) in [5, 5.41) is 2.22. The number of rotatable bonds is 8. The highest BCUT2D eigenvalue weighted by molar-refractivity contribution is 7.16. The molecular weight excluding hydrogens is 463 g/mol. The number of ether oxygens (including phenoxy) is 1. The summed E-state index contributed by atoms with van der Waals surface area (Å²) in [5.74, 6) is 0.266. The highest BCUT2D eigenvalue weighted by atomic mass is 35.5. The molecule has 168 valence electrons. The molecule has 0 aliphatic heterocycles. The van der Waals surface area contributed by atoms with E-state index < -0.39 is 0 Å². The van der Waals surface area contributed by atoms with Gasteiger partial charge in [-0.2, -0.15) is 0 Å². The number of benzene rings is 2. The van der Waals surface area contributed by atoms with Gasteiger partial charge in [0.15, 0.2) is 5.13 Å². The number of methoxy groups -OCH3 is 1. The Bertz CT molecular complexity index is 1110. The van der Waals surface area contributed by atoms with Gasteiger partial charge in [0.1, 0.15) is 0 Å². The Morgan fingerprint density at radius 3 is 2.53 bits per heavy atom. The molecule has 32 heavy (non-hydrogen) atoms. The summed E-state index contributed by atoms with van der Waals surface area (Å²) < 4.78 is 4.85. The van der Waals surface area contributed by atoms with Crippen molar-refractivity contribution in [3.05, 3.63) is 68.5 Å². The molecule has 1 aromatic heterocycles. The number of hydrogen-bond donors (Lipinski definition) is 0. The van der Waals surface area contributed by atoms with Crippen LogP contribution < -0.4 is 4.90 Å². The van der Waals surface area contributed by atoms with E-state index in [0.29, 0.717) is 21.5 Å². The van der Waals surface area contributed by atoms with Crippen LogP contribution in [0.1, 0.15) is 53.0 Å². The van der Waals surface area contributed by atoms with Gasteiger partial charge >= 0.3 is 5.97 Å². The SMILES string of the molecule is CCCN(c1nc(-c2ccc(Cl)cc2Cl)c(C)s1)C(c1ccc(C(=O)OC)cc1)C1CC1. The fraction of sp³-hybridized carbons (Fsp3) is 0.360. The van der Waals surface area contributed by atoms with Crippen molar-refractivity contribution in [1.29, 1.82) is 0 Å². The molecule has 0 N–H and O–H groups in total. The zero-order chi connectivity index (χ0) is 22.8. The van der Waals surface area contributed by atoms with Gasteiger partial charge in [-0.1, -0.05) is 42.3 Å². The van der Waals surface area contributed by atoms with Gasteiger partial charge in [0.05, 0.1) is 29.4 Å². The Kier molecular flexibility index (Phi) is 7.08. The maximum Gasteiger partial charge on any atom is 0.337 e. The number of nitrogens with zero attached hydrogens (tertiary/aromatic N) is 2. The minimum absolute atomic E-state index is 0.223. The largest absolute Gasteiger partial charge is 0.465 e. The van der Waals surface area contributed by atoms with Gasteiger partial charge in [0.2, 0.25) is 0 Å². The molecule has 0 saturated heterocycles. The van der Waals surface area contributed by atoms with Gasteiger partial charge in [-0.05, 0) is 68.0 Å². The van der Waals surface area contributed by atoms with Crippen molar-refractivity contribution in [2.45, 2.75) is 39.2 Å². The number of thiazole rings is 1. The van der Waals surface area contributed by atoms with Crippen molar-refractivity contribution >= 4 is 45.6 Å². The zero-order valence-corrected chi connectivity index (χ0v) is 20.7. The summed E-state index contributed by atoms with van der Waals surface area (Å²) in [6, 6.07) is 13.6. The third-order valence-electron chi connectivity index (χ3n) is 5.76. The molecule has 4 nitrogen and oxygen atoms in total. The Morgan fingerprint density at radius 1 is 1.22 bits per heavy atom. The van der Waals surface area contributed by atoms with Crippen LogP contribution in [-0.2, 0) is 4.74 Å². The first-order chi connectivity index (χ1) is 15.4. The van der Waals surface area contributed by atoms with E-state index in [1.807, 2.05) is 24.3 Å². The first-order valence-electron chi connectivity index (χ1n) is 10.8. The lowest BCUT2D eigenvalue weighted by Crippen LogP contribution is -2.31. The number of hydrogen-bond acceptors (Lipinski definition) is 5. The van der Waals surface area contributed by atoms with Crippen molar-refractivity contribution in [2.24, 2.45) is 5.92 Å². The van der Waals surface area contributed by atoms with E-state index in [2.05, 4.69) is 30.9 Å². The highest BCUT2D eigenvalue weighted by Gasteiger charge is 2.37. The minimum atomic E-state index is -0.315. The van der Waals surface area contributed by atoms with E-state index in [-0.39, 0.29) is 12.0 Å². The molecule has 1 heterocycles. The molecule has 0 bridgehead atoms. The maximum absolute atomic E-state index is 11.9. The van der Waals surface area contributed by atoms with Crippen LogP contribution in [0.15, 0.2) is 42.5 Å². The topological polar surface area (TPSA) is 42.4 Å². The fourth-order valence-electron chi connectivity index (χ4n) is 4.08. The van der Waals surface area contributed by atoms with E-state index in [9.17, 15) is 4.79 Å². The van der Waals surface area contributed by atoms with E-state index >= 15 is 0 Å². The Labute approximate surface area is 203 Å². The van der Waals surface area contributed by atoms with Crippen LogP contribution in [0.4, 0.5) is 5.13 Å². The molecule has 1 fully saturated rings. The molecule has 1 atom stereocenters. The van der Waals surface area contributed by atoms with Crippen LogP contribution in [-0.4, -0.2) is 24.6 Å². The average Bonchev–Trinajstić information content (AvgIpc) is 3.55. The van der Waals surface area contributed by atoms with Crippen LogP contribution in [0.5, 0.6) is 0 Å². The third-order valence-corrected chi connectivity index (χ3v) is 7.32. The minimum Gasteiger partial charge on any atom is -0.465 e. The first-order valence-corrected chi connectivity index (χ1v) is 12.4. The normalized spacial score (nSPS) is 14.3. The number of anilines is 1. The average molecular weight is 489 g/mol. The summed E-state index contributed by atoms with van der Waals surface area (Å²) in [7, 11) is 1.40. The van der Waals surface area contributed by atoms with Gasteiger partial charge in [-0.15, -0.1) is 11.3 Å². The monoisotopic (exact) mass is 488 g/mol. The molecule has 1 unspecified atom stereocenters. The van der Waals surface area contributed by atoms with E-state index in [1.54, 1.807) is 17.4 Å². The Hall–Kier alpha value is -2.08. The Balaban J connectivity index is 1.71. The van der Waals surface area contributed by atoms with E-state index in [1.165, 1.54) is 25.5 Å². The molecule has 3 aromatic rings. The molecule has 1 aliphatic carbocycles. The van der Waals surface area contributed by atoms with E-state index in [0.717, 1.165) is 34.2 Å². The molecular formula is C25H26Cl2N2O2S. The highest BCUT2D eigenvalue weighted by Crippen LogP contribution is 2.48. The predicted molar refractivity (Wildman–Crippen MR) is 133 cm³/mol. The third kappa shape index (κ3) is 4.80. The number of aryl methyl sites for hydroxylation is 1. The standard InChI is InChI=1S/C25H26Cl2N2O2S/c1-4-13-29(23(16-5-6-16)17-7-9-18(10-8-17)24(30)31-3)25-28-22(15(2)32-25)20-12-11-19(26)14-21(20)27/h7-12,14,16,23H,4-6,13H2,1-3H3. The molecule has 0 amide bonds. The summed E-state index contributed by atoms with van der Waals surface area (Å²) in [6.07, 6.45) is 3.41. The zero-order valence-electron chi connectivity index (χ0n) is 18.4. The summed E-state index contributed by atoms with van der Waals surface area (Å²) >= 11 is 14.3. The quantitative estimate of drug-likeness (QED) is 0.306. The number of carbonyl (C=O) groups excluding carboxylic acids is 1. The molecule has 0 spiro atoms. The summed E-state index contributed by atoms with van der Waals surface area (Å²) in [4.78, 5) is 20.5. The van der Waals surface area contributed by atoms with Crippen LogP contribution in [0.2, 0.25) is 10.0 Å². The van der Waals surface area contributed by atoms with Gasteiger partial charge in [0.25, 0.3) is 0 Å². The second-order valence-electron chi connectivity index (χ2n) is 8.11. The number of halogens is 2. The second-order valence-corrected chi connectivity index (χ2v) is 10.1. The van der Waals surface area contributed by atoms with Crippen LogP contribution in [0.3, 0.4) is 0 Å². The van der Waals surface area contributed by atoms with Crippen molar-refractivity contribution in [3.8, 4) is 11.3 Å². The van der Waals surface area contributed by atoms with E-state index in [4.69, 9.17) is 32.9 Å². The number of esters is 1. The van der Waals surface area contributed by atoms with Crippen molar-refractivity contribution in [1.82, 2.24) is 4.98 Å². The lowest BCUT2D eigenvalue weighted by Gasteiger charge is -2.32. The summed E-state index contributed by atoms with van der Waals surface area (Å²) in [6.45, 7) is 5.18. The maximum atomic E-state index is 11.9. The smallest absolute Gasteiger partial charge is 0.337 e. The van der Waals surface area contributed by atoms with Crippen molar-refractivity contribution in [2.75, 3.05) is 18.6 Å². The summed E-state index contributed by atoms with van der Waals surface area (Å²) in [5.41, 5.74) is 3.58. The lowest BCUT2D eigenvalue weighted by molar-refractivity contribution is 0.0600. The molecule has 1 saturated carbocycles. The van der Waals surface area contributed by atoms with Gasteiger partial charge in [-0.3, -0.25) is 0 Å². The number of carbonyl (C=O) groups is 1. The van der Waals surface area contributed by atoms with Crippen LogP contribution in [0.25, 0.3) is 11.3 Å². The predicted octanol–water partition coefficient (Wildman–Crippen LogP) is 7.58. The number of aromatic nitrogens is 1. The molecule has 2 aromatic carbocycles. The Morgan fingerprint density at radius 2 is 1.94 bits per heavy atom. The second kappa shape index (κ2) is 9.82. The van der Waals surface area contributed by atoms with Crippen LogP contribution in [0, 0.1) is 12.8 Å². The molecule has 4 rings (SSSR count). The molecule has 0 radical (unpaired) electrons. The van der Waals surface area contributed by atoms with Crippen LogP contribution >= 0.6 is 34.5 Å². The van der Waals surface area contributed by atoms with Crippen molar-refractivity contribution < 1.29 is 9.53 Å². The first kappa shape index (κ1) is 23.1. The van der Waals surface area contributed by atoms with Crippen molar-refractivity contribution in [3.63, 3.8) is 0 Å². The molecule has 7 heteroatoms.